The fraction of sp³-hybridized carbons (Fsp3) is 0.429. The lowest BCUT2D eigenvalue weighted by Crippen LogP contribution is -2.49. The molecule has 3 heterocycles. The number of carbonyl (C=O) groups is 3. The van der Waals surface area contributed by atoms with Crippen molar-refractivity contribution in [1.82, 2.24) is 5.01 Å². The molecule has 3 aliphatic rings. The number of hydrogen-bond donors (Lipinski definition) is 0. The number of benzene rings is 1. The van der Waals surface area contributed by atoms with Crippen LogP contribution in [-0.2, 0) is 14.4 Å². The number of nitro benzene ring substituents is 1. The van der Waals surface area contributed by atoms with Gasteiger partial charge in [0, 0.05) is 23.8 Å². The van der Waals surface area contributed by atoms with Crippen LogP contribution in [-0.4, -0.2) is 45.8 Å². The van der Waals surface area contributed by atoms with Crippen molar-refractivity contribution in [2.45, 2.75) is 39.8 Å². The Morgan fingerprint density at radius 3 is 2.43 bits per heavy atom. The lowest BCUT2D eigenvalue weighted by Gasteiger charge is -2.33. The molecule has 9 nitrogen and oxygen atoms in total. The zero-order chi connectivity index (χ0) is 22.0. The first kappa shape index (κ1) is 19.9. The van der Waals surface area contributed by atoms with Gasteiger partial charge in [-0.3, -0.25) is 29.5 Å². The Kier molecular flexibility index (Phi) is 4.37. The molecule has 156 valence electrons. The zero-order valence-electron chi connectivity index (χ0n) is 17.1. The molecule has 30 heavy (non-hydrogen) atoms. The molecule has 4 rings (SSSR count). The predicted molar refractivity (Wildman–Crippen MR) is 109 cm³/mol. The minimum Gasteiger partial charge on any atom is -0.297 e. The summed E-state index contributed by atoms with van der Waals surface area (Å²) in [5.41, 5.74) is -0.0895. The van der Waals surface area contributed by atoms with Crippen LogP contribution >= 0.6 is 0 Å². The van der Waals surface area contributed by atoms with Crippen LogP contribution in [0.3, 0.4) is 0 Å². The first-order chi connectivity index (χ1) is 14.0. The highest BCUT2D eigenvalue weighted by Gasteiger charge is 2.64. The van der Waals surface area contributed by atoms with Crippen LogP contribution in [0.1, 0.15) is 26.3 Å². The number of imide groups is 1. The van der Waals surface area contributed by atoms with Gasteiger partial charge in [-0.05, 0) is 24.6 Å². The summed E-state index contributed by atoms with van der Waals surface area (Å²) in [7, 11) is 0. The van der Waals surface area contributed by atoms with Crippen LogP contribution in [0.2, 0.25) is 0 Å². The molecule has 0 spiro atoms. The fourth-order valence-electron chi connectivity index (χ4n) is 4.52. The van der Waals surface area contributed by atoms with E-state index in [-0.39, 0.29) is 11.5 Å². The van der Waals surface area contributed by atoms with Gasteiger partial charge in [-0.15, -0.1) is 0 Å². The van der Waals surface area contributed by atoms with Gasteiger partial charge in [-0.1, -0.05) is 26.8 Å². The molecule has 0 radical (unpaired) electrons. The van der Waals surface area contributed by atoms with Crippen molar-refractivity contribution in [3.8, 4) is 0 Å². The van der Waals surface area contributed by atoms with E-state index in [0.717, 1.165) is 4.90 Å². The van der Waals surface area contributed by atoms with E-state index in [0.29, 0.717) is 11.3 Å². The van der Waals surface area contributed by atoms with Gasteiger partial charge in [0.2, 0.25) is 11.8 Å². The van der Waals surface area contributed by atoms with Crippen LogP contribution in [0.4, 0.5) is 11.4 Å². The monoisotopic (exact) mass is 410 g/mol. The SMILES string of the molecule is Cc1cc([N+](=O)[O-])ccc1N1C(=O)[C@@H]2[C@H](C1=O)[C@H]1C=CC=NN1[C@@H]2C(=O)C(C)(C)C. The number of amides is 2. The van der Waals surface area contributed by atoms with Gasteiger partial charge in [0.1, 0.15) is 6.04 Å². The van der Waals surface area contributed by atoms with Crippen molar-refractivity contribution in [3.63, 3.8) is 0 Å². The normalized spacial score (nSPS) is 27.5. The highest BCUT2D eigenvalue weighted by atomic mass is 16.6. The molecule has 0 aliphatic carbocycles. The van der Waals surface area contributed by atoms with Crippen molar-refractivity contribution >= 4 is 35.2 Å². The first-order valence-corrected chi connectivity index (χ1v) is 9.70. The van der Waals surface area contributed by atoms with Gasteiger partial charge in [-0.2, -0.15) is 5.10 Å². The number of fused-ring (bicyclic) bond motifs is 3. The van der Waals surface area contributed by atoms with Gasteiger partial charge in [-0.25, -0.2) is 4.90 Å². The second kappa shape index (κ2) is 6.58. The molecule has 2 fully saturated rings. The molecule has 0 aromatic heterocycles. The molecule has 1 aromatic rings. The van der Waals surface area contributed by atoms with E-state index in [2.05, 4.69) is 5.10 Å². The third-order valence-corrected chi connectivity index (χ3v) is 5.93. The fourth-order valence-corrected chi connectivity index (χ4v) is 4.52. The van der Waals surface area contributed by atoms with Crippen LogP contribution < -0.4 is 4.90 Å². The van der Waals surface area contributed by atoms with Crippen LogP contribution in [0.25, 0.3) is 0 Å². The molecule has 4 atom stereocenters. The number of rotatable bonds is 3. The number of non-ortho nitro benzene ring substituents is 1. The summed E-state index contributed by atoms with van der Waals surface area (Å²) in [5, 5.41) is 16.9. The summed E-state index contributed by atoms with van der Waals surface area (Å²) in [4.78, 5) is 51.7. The number of Topliss-reactive ketones (excluding diaryl/α,β-unsaturated/α-hetero) is 1. The summed E-state index contributed by atoms with van der Waals surface area (Å²) in [6.45, 7) is 6.95. The van der Waals surface area contributed by atoms with Crippen LogP contribution in [0.5, 0.6) is 0 Å². The molecule has 2 saturated heterocycles. The number of nitrogens with zero attached hydrogens (tertiary/aromatic N) is 4. The number of carbonyl (C=O) groups excluding carboxylic acids is 3. The van der Waals surface area contributed by atoms with Gasteiger partial charge in [0.15, 0.2) is 5.78 Å². The molecule has 1 aromatic carbocycles. The largest absolute Gasteiger partial charge is 0.297 e. The van der Waals surface area contributed by atoms with E-state index in [1.807, 2.05) is 0 Å². The number of aryl methyl sites for hydroxylation is 1. The number of hydrogen-bond acceptors (Lipinski definition) is 7. The van der Waals surface area contributed by atoms with Gasteiger partial charge >= 0.3 is 0 Å². The summed E-state index contributed by atoms with van der Waals surface area (Å²) < 4.78 is 0. The second-order valence-corrected chi connectivity index (χ2v) is 8.87. The topological polar surface area (TPSA) is 113 Å². The first-order valence-electron chi connectivity index (χ1n) is 9.70. The van der Waals surface area contributed by atoms with Gasteiger partial charge in [0.05, 0.1) is 28.5 Å². The smallest absolute Gasteiger partial charge is 0.269 e. The third-order valence-electron chi connectivity index (χ3n) is 5.93. The Hall–Kier alpha value is -3.36. The van der Waals surface area contributed by atoms with Gasteiger partial charge < -0.3 is 0 Å². The lowest BCUT2D eigenvalue weighted by molar-refractivity contribution is -0.384. The number of ketones is 1. The minimum absolute atomic E-state index is 0.118. The van der Waals surface area contributed by atoms with Crippen molar-refractivity contribution in [2.75, 3.05) is 4.90 Å². The molecule has 2 amide bonds. The zero-order valence-corrected chi connectivity index (χ0v) is 17.1. The Labute approximate surface area is 173 Å². The maximum Gasteiger partial charge on any atom is 0.269 e. The summed E-state index contributed by atoms with van der Waals surface area (Å²) >= 11 is 0. The number of allylic oxidation sites excluding steroid dienone is 1. The number of hydrazone groups is 1. The highest BCUT2D eigenvalue weighted by Crippen LogP contribution is 2.47. The molecule has 0 bridgehead atoms. The number of anilines is 1. The Morgan fingerprint density at radius 2 is 1.83 bits per heavy atom. The van der Waals surface area contributed by atoms with E-state index < -0.39 is 46.1 Å². The lowest BCUT2D eigenvalue weighted by atomic mass is 9.80. The van der Waals surface area contributed by atoms with E-state index in [1.165, 1.54) is 18.2 Å². The maximum absolute atomic E-state index is 13.5. The van der Waals surface area contributed by atoms with E-state index in [4.69, 9.17) is 0 Å². The van der Waals surface area contributed by atoms with Crippen molar-refractivity contribution in [1.29, 1.82) is 0 Å². The van der Waals surface area contributed by atoms with E-state index in [9.17, 15) is 24.5 Å². The average molecular weight is 410 g/mol. The molecule has 9 heteroatoms. The second-order valence-electron chi connectivity index (χ2n) is 8.87. The summed E-state index contributed by atoms with van der Waals surface area (Å²) in [6.07, 6.45) is 5.05. The minimum atomic E-state index is -0.858. The van der Waals surface area contributed by atoms with Crippen molar-refractivity contribution in [2.24, 2.45) is 22.4 Å². The third kappa shape index (κ3) is 2.76. The summed E-state index contributed by atoms with van der Waals surface area (Å²) in [6, 6.07) is 2.68. The van der Waals surface area contributed by atoms with E-state index in [1.54, 1.807) is 51.1 Å². The molecular weight excluding hydrogens is 388 g/mol. The molecule has 3 aliphatic heterocycles. The van der Waals surface area contributed by atoms with Crippen LogP contribution in [0, 0.1) is 34.3 Å². The van der Waals surface area contributed by atoms with E-state index >= 15 is 0 Å². The van der Waals surface area contributed by atoms with Crippen molar-refractivity contribution < 1.29 is 19.3 Å². The van der Waals surface area contributed by atoms with Gasteiger partial charge in [0.25, 0.3) is 5.69 Å². The highest BCUT2D eigenvalue weighted by molar-refractivity contribution is 6.24. The Morgan fingerprint density at radius 1 is 1.17 bits per heavy atom. The van der Waals surface area contributed by atoms with Crippen LogP contribution in [0.15, 0.2) is 35.5 Å². The molecule has 0 unspecified atom stereocenters. The van der Waals surface area contributed by atoms with Crippen molar-refractivity contribution in [3.05, 3.63) is 46.0 Å². The predicted octanol–water partition coefficient (Wildman–Crippen LogP) is 2.23. The average Bonchev–Trinajstić information content (AvgIpc) is 3.14. The quantitative estimate of drug-likeness (QED) is 0.429. The number of nitro groups is 1. The summed E-state index contributed by atoms with van der Waals surface area (Å²) in [5.74, 6) is -2.64. The molecule has 0 N–H and O–H groups in total. The molecule has 0 saturated carbocycles. The Bertz CT molecular complexity index is 1040. The Balaban J connectivity index is 1.79. The maximum atomic E-state index is 13.5. The molecular formula is C21H22N4O5. The standard InChI is InChI=1S/C21H22N4O5/c1-11-10-12(25(29)30)7-8-13(11)23-19(27)15-14-6-5-9-22-24(14)17(16(15)20(23)28)18(26)21(2,3)4/h5-10,14-17H,1-4H3/t14-,15-,16-,17+/m1/s1.